The molecule has 8 unspecified atom stereocenters. The van der Waals surface area contributed by atoms with Crippen LogP contribution in [0, 0.1) is 0 Å². The molecule has 1 amide bonds. The summed E-state index contributed by atoms with van der Waals surface area (Å²) in [6.45, 7) is 3.12. The normalized spacial score (nSPS) is 22.8. The molecular formula is C39H73NO12S. The molecule has 0 aromatic heterocycles. The van der Waals surface area contributed by atoms with Gasteiger partial charge in [0.05, 0.1) is 25.4 Å². The number of carbonyl (C=O) groups is 1. The molecule has 0 spiro atoms. The maximum Gasteiger partial charge on any atom is 0.397 e. The van der Waals surface area contributed by atoms with Crippen LogP contribution in [-0.4, -0.2) is 107 Å². The SMILES string of the molecule is CCCCCCCC/C=C\CCCCCCCCC(O)C(=O)NC(COC1OC(CO)C(O)C(OS(=O)(=O)O)C1O)C(O)/C=C/CCCCCCCC. The summed E-state index contributed by atoms with van der Waals surface area (Å²) in [6.07, 6.45) is 20.1. The smallest absolute Gasteiger partial charge is 0.394 e. The number of carbonyl (C=O) groups excluding carboxylic acids is 1. The van der Waals surface area contributed by atoms with Gasteiger partial charge in [0.15, 0.2) is 6.29 Å². The van der Waals surface area contributed by atoms with Gasteiger partial charge in [-0.2, -0.15) is 8.42 Å². The molecule has 1 heterocycles. The molecule has 14 heteroatoms. The third kappa shape index (κ3) is 23.9. The lowest BCUT2D eigenvalue weighted by molar-refractivity contribution is -0.298. The van der Waals surface area contributed by atoms with E-state index in [0.29, 0.717) is 12.8 Å². The van der Waals surface area contributed by atoms with E-state index in [1.54, 1.807) is 6.08 Å². The molecule has 0 aromatic carbocycles. The lowest BCUT2D eigenvalue weighted by Gasteiger charge is -2.41. The van der Waals surface area contributed by atoms with Gasteiger partial charge in [-0.05, 0) is 44.9 Å². The van der Waals surface area contributed by atoms with Crippen LogP contribution in [0.1, 0.15) is 155 Å². The fraction of sp³-hybridized carbons (Fsp3) is 0.872. The molecule has 0 aliphatic carbocycles. The van der Waals surface area contributed by atoms with E-state index in [9.17, 15) is 38.7 Å². The van der Waals surface area contributed by atoms with Crippen molar-refractivity contribution in [2.45, 2.75) is 204 Å². The second-order valence-corrected chi connectivity index (χ2v) is 15.4. The van der Waals surface area contributed by atoms with Gasteiger partial charge in [-0.15, -0.1) is 0 Å². The lowest BCUT2D eigenvalue weighted by atomic mass is 9.99. The monoisotopic (exact) mass is 779 g/mol. The summed E-state index contributed by atoms with van der Waals surface area (Å²) in [4.78, 5) is 13.0. The Morgan fingerprint density at radius 2 is 1.25 bits per heavy atom. The van der Waals surface area contributed by atoms with Crippen LogP contribution in [0.2, 0.25) is 0 Å². The van der Waals surface area contributed by atoms with Gasteiger partial charge in [-0.3, -0.25) is 9.35 Å². The summed E-state index contributed by atoms with van der Waals surface area (Å²) in [5.41, 5.74) is 0. The molecule has 0 saturated carbocycles. The zero-order valence-electron chi connectivity index (χ0n) is 32.4. The van der Waals surface area contributed by atoms with E-state index in [2.05, 4.69) is 35.5 Å². The zero-order chi connectivity index (χ0) is 39.3. The van der Waals surface area contributed by atoms with E-state index in [4.69, 9.17) is 14.0 Å². The average Bonchev–Trinajstić information content (AvgIpc) is 3.12. The van der Waals surface area contributed by atoms with Crippen LogP contribution in [-0.2, 0) is 28.9 Å². The second-order valence-electron chi connectivity index (χ2n) is 14.4. The van der Waals surface area contributed by atoms with Crippen molar-refractivity contribution in [3.8, 4) is 0 Å². The Hall–Kier alpha value is -1.46. The molecule has 0 radical (unpaired) electrons. The first-order valence-electron chi connectivity index (χ1n) is 20.3. The van der Waals surface area contributed by atoms with Crippen molar-refractivity contribution in [1.82, 2.24) is 5.32 Å². The topological polar surface area (TPSA) is 212 Å². The van der Waals surface area contributed by atoms with E-state index in [1.165, 1.54) is 57.4 Å². The largest absolute Gasteiger partial charge is 0.397 e. The standard InChI is InChI=1S/C39H73NO12S/c1-3-5-7-9-11-13-14-15-16-17-18-19-20-22-24-26-28-33(43)38(46)40-31(32(42)27-25-23-21-12-10-8-6-4-2)30-50-39-36(45)37(52-53(47,48)49)35(44)34(29-41)51-39/h15-16,25,27,31-37,39,41-45H,3-14,17-24,26,28-30H2,1-2H3,(H,40,46)(H,47,48,49)/b16-15-,27-25+. The summed E-state index contributed by atoms with van der Waals surface area (Å²) >= 11 is 0. The molecule has 312 valence electrons. The fourth-order valence-corrected chi connectivity index (χ4v) is 6.79. The lowest BCUT2D eigenvalue weighted by Crippen LogP contribution is -2.61. The zero-order valence-corrected chi connectivity index (χ0v) is 33.3. The third-order valence-electron chi connectivity index (χ3n) is 9.58. The molecule has 0 aromatic rings. The van der Waals surface area contributed by atoms with Crippen LogP contribution in [0.3, 0.4) is 0 Å². The van der Waals surface area contributed by atoms with Gasteiger partial charge in [0.1, 0.15) is 30.5 Å². The van der Waals surface area contributed by atoms with Crippen LogP contribution in [0.25, 0.3) is 0 Å². The molecule has 53 heavy (non-hydrogen) atoms. The minimum atomic E-state index is -5.11. The molecule has 1 saturated heterocycles. The summed E-state index contributed by atoms with van der Waals surface area (Å²) in [7, 11) is -5.11. The fourth-order valence-electron chi connectivity index (χ4n) is 6.28. The minimum Gasteiger partial charge on any atom is -0.394 e. The summed E-state index contributed by atoms with van der Waals surface area (Å²) in [5, 5.41) is 54.8. The predicted molar refractivity (Wildman–Crippen MR) is 205 cm³/mol. The molecule has 8 atom stereocenters. The number of nitrogens with one attached hydrogen (secondary N) is 1. The highest BCUT2D eigenvalue weighted by Crippen LogP contribution is 2.26. The van der Waals surface area contributed by atoms with Crippen molar-refractivity contribution in [2.24, 2.45) is 0 Å². The number of ether oxygens (including phenoxy) is 2. The number of aliphatic hydroxyl groups excluding tert-OH is 5. The Labute approximate surface area is 319 Å². The van der Waals surface area contributed by atoms with Gasteiger partial charge >= 0.3 is 10.4 Å². The first-order valence-corrected chi connectivity index (χ1v) is 21.7. The van der Waals surface area contributed by atoms with Crippen LogP contribution in [0.15, 0.2) is 24.3 Å². The number of amides is 1. The van der Waals surface area contributed by atoms with E-state index in [1.807, 2.05) is 0 Å². The van der Waals surface area contributed by atoms with Crippen LogP contribution >= 0.6 is 0 Å². The number of hydrogen-bond acceptors (Lipinski definition) is 11. The number of allylic oxidation sites excluding steroid dienone is 3. The second kappa shape index (κ2) is 30.7. The summed E-state index contributed by atoms with van der Waals surface area (Å²) < 4.78 is 47.2. The average molecular weight is 780 g/mol. The van der Waals surface area contributed by atoms with Crippen molar-refractivity contribution in [2.75, 3.05) is 13.2 Å². The Balaban J connectivity index is 2.61. The van der Waals surface area contributed by atoms with Gasteiger partial charge in [-0.25, -0.2) is 4.18 Å². The Morgan fingerprint density at radius 3 is 1.75 bits per heavy atom. The van der Waals surface area contributed by atoms with Crippen LogP contribution in [0.5, 0.6) is 0 Å². The van der Waals surface area contributed by atoms with Crippen molar-refractivity contribution in [3.63, 3.8) is 0 Å². The molecule has 1 aliphatic rings. The third-order valence-corrected chi connectivity index (χ3v) is 10.0. The maximum absolute atomic E-state index is 13.0. The van der Waals surface area contributed by atoms with Crippen LogP contribution < -0.4 is 5.32 Å². The predicted octanol–water partition coefficient (Wildman–Crippen LogP) is 5.57. The summed E-state index contributed by atoms with van der Waals surface area (Å²) in [5.74, 6) is -0.712. The molecule has 1 fully saturated rings. The van der Waals surface area contributed by atoms with Crippen molar-refractivity contribution in [1.29, 1.82) is 0 Å². The Bertz CT molecular complexity index is 1070. The Morgan fingerprint density at radius 1 is 0.755 bits per heavy atom. The quantitative estimate of drug-likeness (QED) is 0.0248. The van der Waals surface area contributed by atoms with Crippen molar-refractivity contribution >= 4 is 16.3 Å². The minimum absolute atomic E-state index is 0.236. The molecule has 1 rings (SSSR count). The van der Waals surface area contributed by atoms with E-state index < -0.39 is 78.5 Å². The van der Waals surface area contributed by atoms with Crippen LogP contribution in [0.4, 0.5) is 0 Å². The summed E-state index contributed by atoms with van der Waals surface area (Å²) in [6, 6.07) is -1.12. The van der Waals surface area contributed by atoms with Crippen molar-refractivity contribution in [3.05, 3.63) is 24.3 Å². The molecular weight excluding hydrogens is 706 g/mol. The highest BCUT2D eigenvalue weighted by Gasteiger charge is 2.48. The van der Waals surface area contributed by atoms with Gasteiger partial charge in [0.2, 0.25) is 5.91 Å². The van der Waals surface area contributed by atoms with Gasteiger partial charge in [0.25, 0.3) is 0 Å². The maximum atomic E-state index is 13.0. The highest BCUT2D eigenvalue weighted by atomic mass is 32.3. The molecule has 1 aliphatic heterocycles. The number of aliphatic hydroxyl groups is 5. The number of rotatable bonds is 33. The first-order chi connectivity index (χ1) is 25.4. The van der Waals surface area contributed by atoms with E-state index in [0.717, 1.165) is 70.6 Å². The Kier molecular flexibility index (Phi) is 28.7. The molecule has 13 nitrogen and oxygen atoms in total. The number of unbranched alkanes of at least 4 members (excludes halogenated alkanes) is 18. The highest BCUT2D eigenvalue weighted by molar-refractivity contribution is 7.80. The first kappa shape index (κ1) is 49.6. The van der Waals surface area contributed by atoms with Gasteiger partial charge < -0.3 is 40.3 Å². The molecule has 0 bridgehead atoms. The number of hydrogen-bond donors (Lipinski definition) is 7. The van der Waals surface area contributed by atoms with E-state index >= 15 is 0 Å². The van der Waals surface area contributed by atoms with E-state index in [-0.39, 0.29) is 6.42 Å². The van der Waals surface area contributed by atoms with Crippen molar-refractivity contribution < 1.29 is 57.0 Å². The van der Waals surface area contributed by atoms with Gasteiger partial charge in [0, 0.05) is 0 Å². The van der Waals surface area contributed by atoms with Gasteiger partial charge in [-0.1, -0.05) is 134 Å². The molecule has 7 N–H and O–H groups in total.